The number of alkyl halides is 1. The molecule has 0 spiro atoms. The van der Waals surface area contributed by atoms with Gasteiger partial charge in [-0.3, -0.25) is 0 Å². The van der Waals surface area contributed by atoms with Gasteiger partial charge in [0.15, 0.2) is 17.0 Å². The Morgan fingerprint density at radius 3 is 2.64 bits per heavy atom. The molecule has 1 saturated heterocycles. The van der Waals surface area contributed by atoms with Crippen LogP contribution in [0.5, 0.6) is 6.01 Å². The van der Waals surface area contributed by atoms with Crippen molar-refractivity contribution in [3.63, 3.8) is 0 Å². The molecule has 8 heteroatoms. The molecule has 2 aromatic heterocycles. The van der Waals surface area contributed by atoms with Crippen LogP contribution in [0.4, 0.5) is 10.2 Å². The lowest BCUT2D eigenvalue weighted by Gasteiger charge is -2.28. The van der Waals surface area contributed by atoms with E-state index in [9.17, 15) is 4.39 Å². The van der Waals surface area contributed by atoms with Crippen LogP contribution in [0.15, 0.2) is 6.33 Å². The molecule has 1 N–H and O–H groups in total. The second kappa shape index (κ2) is 6.04. The minimum atomic E-state index is -0.999. The van der Waals surface area contributed by atoms with Crippen molar-refractivity contribution in [2.75, 3.05) is 38.2 Å². The maximum atomic E-state index is 13.7. The summed E-state index contributed by atoms with van der Waals surface area (Å²) in [6.45, 7) is 6.82. The normalized spacial score (nSPS) is 18.5. The summed E-state index contributed by atoms with van der Waals surface area (Å²) in [6, 6.07) is -0.0676. The lowest BCUT2D eigenvalue weighted by molar-refractivity contribution is 0.267. The molecule has 0 bridgehead atoms. The van der Waals surface area contributed by atoms with E-state index in [0.717, 1.165) is 32.0 Å². The molecule has 120 valence electrons. The van der Waals surface area contributed by atoms with Crippen LogP contribution in [0.1, 0.15) is 19.9 Å². The third-order valence-corrected chi connectivity index (χ3v) is 4.09. The Morgan fingerprint density at radius 2 is 2.00 bits per heavy atom. The molecule has 0 aromatic carbocycles. The third kappa shape index (κ3) is 2.58. The van der Waals surface area contributed by atoms with Crippen LogP contribution in [-0.2, 0) is 0 Å². The number of aromatic nitrogens is 4. The Hall–Kier alpha value is -1.96. The maximum Gasteiger partial charge on any atom is 0.320 e. The van der Waals surface area contributed by atoms with Gasteiger partial charge in [-0.25, -0.2) is 9.37 Å². The number of hydrogen-bond donors (Lipinski definition) is 1. The van der Waals surface area contributed by atoms with Crippen LogP contribution in [0.3, 0.4) is 0 Å². The lowest BCUT2D eigenvalue weighted by atomic mass is 10.2. The fourth-order valence-corrected chi connectivity index (χ4v) is 2.59. The number of piperazine rings is 1. The molecule has 2 atom stereocenters. The number of nitrogens with zero attached hydrogens (tertiary/aromatic N) is 5. The monoisotopic (exact) mass is 308 g/mol. The average molecular weight is 308 g/mol. The Morgan fingerprint density at radius 1 is 1.27 bits per heavy atom. The summed E-state index contributed by atoms with van der Waals surface area (Å²) < 4.78 is 20.6. The molecule has 3 heterocycles. The number of halogens is 1. The molecule has 0 amide bonds. The van der Waals surface area contributed by atoms with Gasteiger partial charge in [0, 0.05) is 26.2 Å². The van der Waals surface area contributed by atoms with Crippen molar-refractivity contribution in [3.8, 4) is 6.01 Å². The van der Waals surface area contributed by atoms with E-state index in [-0.39, 0.29) is 12.1 Å². The van der Waals surface area contributed by atoms with E-state index < -0.39 is 6.17 Å². The minimum absolute atomic E-state index is 0.279. The number of anilines is 1. The molecule has 3 rings (SSSR count). The first-order valence-electron chi connectivity index (χ1n) is 7.50. The van der Waals surface area contributed by atoms with Crippen LogP contribution in [0.2, 0.25) is 0 Å². The topological polar surface area (TPSA) is 68.1 Å². The standard InChI is InChI=1S/C14H21FN6O/c1-9(15)10(2)21-8-17-11-12(20-6-4-16-5-7-20)18-14(22-3)19-13(11)21/h8-10,16H,4-7H2,1-3H3/t9-,10+/m1/s1. The molecule has 1 aliphatic heterocycles. The molecule has 2 aromatic rings. The highest BCUT2D eigenvalue weighted by Gasteiger charge is 2.23. The van der Waals surface area contributed by atoms with Gasteiger partial charge in [0.25, 0.3) is 0 Å². The van der Waals surface area contributed by atoms with Crippen molar-refractivity contribution in [1.29, 1.82) is 0 Å². The van der Waals surface area contributed by atoms with Crippen molar-refractivity contribution >= 4 is 17.0 Å². The molecule has 22 heavy (non-hydrogen) atoms. The Bertz CT molecular complexity index is 652. The van der Waals surface area contributed by atoms with Crippen molar-refractivity contribution in [2.24, 2.45) is 0 Å². The largest absolute Gasteiger partial charge is 0.467 e. The molecule has 7 nitrogen and oxygen atoms in total. The fraction of sp³-hybridized carbons (Fsp3) is 0.643. The first kappa shape index (κ1) is 15.0. The number of hydrogen-bond acceptors (Lipinski definition) is 6. The van der Waals surface area contributed by atoms with E-state index in [0.29, 0.717) is 11.2 Å². The highest BCUT2D eigenvalue weighted by atomic mass is 19.1. The zero-order valence-corrected chi connectivity index (χ0v) is 13.1. The molecule has 0 saturated carbocycles. The van der Waals surface area contributed by atoms with E-state index in [1.807, 2.05) is 6.92 Å². The van der Waals surface area contributed by atoms with Gasteiger partial charge in [0.1, 0.15) is 6.17 Å². The Balaban J connectivity index is 2.11. The Kier molecular flexibility index (Phi) is 4.10. The van der Waals surface area contributed by atoms with Crippen molar-refractivity contribution in [3.05, 3.63) is 6.33 Å². The van der Waals surface area contributed by atoms with Crippen LogP contribution in [0.25, 0.3) is 11.2 Å². The second-order valence-corrected chi connectivity index (χ2v) is 5.51. The summed E-state index contributed by atoms with van der Waals surface area (Å²) in [5.74, 6) is 0.751. The minimum Gasteiger partial charge on any atom is -0.467 e. The first-order valence-corrected chi connectivity index (χ1v) is 7.50. The van der Waals surface area contributed by atoms with Gasteiger partial charge in [-0.1, -0.05) is 0 Å². The predicted octanol–water partition coefficient (Wildman–Crippen LogP) is 1.16. The highest BCUT2D eigenvalue weighted by molar-refractivity contribution is 5.84. The number of rotatable bonds is 4. The van der Waals surface area contributed by atoms with E-state index in [1.54, 1.807) is 10.9 Å². The molecular formula is C14H21FN6O. The number of nitrogens with one attached hydrogen (secondary N) is 1. The van der Waals surface area contributed by atoms with Crippen LogP contribution < -0.4 is 15.0 Å². The summed E-state index contributed by atoms with van der Waals surface area (Å²) in [5, 5.41) is 3.31. The third-order valence-electron chi connectivity index (χ3n) is 4.09. The van der Waals surface area contributed by atoms with Gasteiger partial charge in [0.05, 0.1) is 19.5 Å². The summed E-state index contributed by atoms with van der Waals surface area (Å²) in [4.78, 5) is 15.4. The lowest BCUT2D eigenvalue weighted by Crippen LogP contribution is -2.44. The van der Waals surface area contributed by atoms with Gasteiger partial charge < -0.3 is 19.5 Å². The SMILES string of the molecule is COc1nc(N2CCNCC2)c2ncn([C@@H](C)[C@@H](C)F)c2n1. The zero-order chi connectivity index (χ0) is 15.7. The Labute approximate surface area is 128 Å². The van der Waals surface area contributed by atoms with Gasteiger partial charge in [0.2, 0.25) is 0 Å². The van der Waals surface area contributed by atoms with Crippen molar-refractivity contribution < 1.29 is 9.13 Å². The van der Waals surface area contributed by atoms with Gasteiger partial charge >= 0.3 is 6.01 Å². The molecule has 0 aliphatic carbocycles. The number of methoxy groups -OCH3 is 1. The van der Waals surface area contributed by atoms with Gasteiger partial charge in [-0.2, -0.15) is 9.97 Å². The van der Waals surface area contributed by atoms with E-state index in [4.69, 9.17) is 4.74 Å². The summed E-state index contributed by atoms with van der Waals surface area (Å²) in [7, 11) is 1.53. The smallest absolute Gasteiger partial charge is 0.320 e. The molecule has 0 unspecified atom stereocenters. The van der Waals surface area contributed by atoms with Crippen molar-refractivity contribution in [2.45, 2.75) is 26.1 Å². The van der Waals surface area contributed by atoms with Crippen LogP contribution in [-0.4, -0.2) is 59.0 Å². The first-order chi connectivity index (χ1) is 10.6. The van der Waals surface area contributed by atoms with Gasteiger partial charge in [-0.15, -0.1) is 0 Å². The highest BCUT2D eigenvalue weighted by Crippen LogP contribution is 2.28. The van der Waals surface area contributed by atoms with Crippen LogP contribution in [0, 0.1) is 0 Å². The van der Waals surface area contributed by atoms with Gasteiger partial charge in [-0.05, 0) is 13.8 Å². The molecule has 0 radical (unpaired) electrons. The number of ether oxygens (including phenoxy) is 1. The molecule has 1 aliphatic rings. The zero-order valence-electron chi connectivity index (χ0n) is 13.1. The number of imidazole rings is 1. The quantitative estimate of drug-likeness (QED) is 0.914. The second-order valence-electron chi connectivity index (χ2n) is 5.51. The molecule has 1 fully saturated rings. The van der Waals surface area contributed by atoms with Crippen molar-refractivity contribution in [1.82, 2.24) is 24.8 Å². The summed E-state index contributed by atoms with van der Waals surface area (Å²) in [5.41, 5.74) is 1.30. The van der Waals surface area contributed by atoms with E-state index in [2.05, 4.69) is 25.2 Å². The fourth-order valence-electron chi connectivity index (χ4n) is 2.59. The van der Waals surface area contributed by atoms with E-state index >= 15 is 0 Å². The average Bonchev–Trinajstić information content (AvgIpc) is 2.97. The predicted molar refractivity (Wildman–Crippen MR) is 82.2 cm³/mol. The summed E-state index contributed by atoms with van der Waals surface area (Å²) >= 11 is 0. The molecular weight excluding hydrogens is 287 g/mol. The summed E-state index contributed by atoms with van der Waals surface area (Å²) in [6.07, 6.45) is 0.631. The van der Waals surface area contributed by atoms with E-state index in [1.165, 1.54) is 14.0 Å². The number of fused-ring (bicyclic) bond motifs is 1. The maximum absolute atomic E-state index is 13.7. The van der Waals surface area contributed by atoms with Crippen LogP contribution >= 0.6 is 0 Å².